The fourth-order valence-corrected chi connectivity index (χ4v) is 1.82. The first-order valence-electron chi connectivity index (χ1n) is 5.47. The molecule has 0 atom stereocenters. The van der Waals surface area contributed by atoms with Crippen LogP contribution in [0.15, 0.2) is 34.6 Å². The Labute approximate surface area is 108 Å². The summed E-state index contributed by atoms with van der Waals surface area (Å²) in [5, 5.41) is 8.81. The lowest BCUT2D eigenvalue weighted by Crippen LogP contribution is -2.17. The van der Waals surface area contributed by atoms with Crippen molar-refractivity contribution >= 4 is 11.4 Å². The molecule has 0 aromatic carbocycles. The van der Waals surface area contributed by atoms with E-state index >= 15 is 0 Å². The zero-order valence-electron chi connectivity index (χ0n) is 10.2. The summed E-state index contributed by atoms with van der Waals surface area (Å²) >= 11 is 0. The Balaban J connectivity index is 2.54. The quantitative estimate of drug-likeness (QED) is 0.798. The van der Waals surface area contributed by atoms with Gasteiger partial charge < -0.3 is 15.5 Å². The zero-order chi connectivity index (χ0) is 14.0. The van der Waals surface area contributed by atoms with Crippen molar-refractivity contribution in [2.45, 2.75) is 6.42 Å². The summed E-state index contributed by atoms with van der Waals surface area (Å²) < 4.78 is 5.00. The van der Waals surface area contributed by atoms with E-state index in [-0.39, 0.29) is 17.8 Å². The van der Waals surface area contributed by atoms with Crippen LogP contribution in [0.1, 0.15) is 17.5 Å². The number of hydrogen-bond donors (Lipinski definition) is 2. The number of Topliss-reactive ketones (excluding diaryl/α,β-unsaturated/α-hetero) is 1. The number of aromatic amines is 1. The molecule has 6 nitrogen and oxygen atoms in total. The number of ether oxygens (including phenoxy) is 1. The Hall–Kier alpha value is -2.81. The first-order valence-corrected chi connectivity index (χ1v) is 5.47. The molecule has 0 fully saturated rings. The molecule has 1 aromatic rings. The van der Waals surface area contributed by atoms with Crippen molar-refractivity contribution in [3.8, 4) is 6.07 Å². The van der Waals surface area contributed by atoms with Gasteiger partial charge in [0.25, 0.3) is 5.56 Å². The van der Waals surface area contributed by atoms with E-state index in [1.165, 1.54) is 25.4 Å². The number of nitrogens with one attached hydrogen (secondary N) is 1. The third kappa shape index (κ3) is 2.26. The second-order valence-corrected chi connectivity index (χ2v) is 3.98. The fourth-order valence-electron chi connectivity index (χ4n) is 1.82. The van der Waals surface area contributed by atoms with Crippen LogP contribution in [-0.4, -0.2) is 17.9 Å². The van der Waals surface area contributed by atoms with Gasteiger partial charge in [0.1, 0.15) is 17.4 Å². The number of hydrogen-bond acceptors (Lipinski definition) is 5. The van der Waals surface area contributed by atoms with Crippen LogP contribution in [0, 0.1) is 11.3 Å². The van der Waals surface area contributed by atoms with Crippen LogP contribution in [0.2, 0.25) is 0 Å². The Morgan fingerprint density at radius 2 is 2.21 bits per heavy atom. The van der Waals surface area contributed by atoms with Crippen molar-refractivity contribution in [1.29, 1.82) is 5.26 Å². The molecule has 3 N–H and O–H groups in total. The first kappa shape index (κ1) is 12.6. The molecule has 1 aliphatic carbocycles. The minimum Gasteiger partial charge on any atom is -0.498 e. The van der Waals surface area contributed by atoms with E-state index in [0.29, 0.717) is 22.6 Å². The van der Waals surface area contributed by atoms with Gasteiger partial charge in [-0.05, 0) is 12.1 Å². The average Bonchev–Trinajstić information content (AvgIpc) is 2.41. The number of aromatic nitrogens is 1. The molecule has 2 rings (SSSR count). The predicted octanol–water partition coefficient (Wildman–Crippen LogP) is 0.419. The normalized spacial score (nSPS) is 14.9. The van der Waals surface area contributed by atoms with Crippen molar-refractivity contribution < 1.29 is 9.53 Å². The standard InChI is InChI=1S/C13H11N3O3/c1-19-12-4-11(17)9(3-10(12)15)8-2-7(5-14)13(18)16-6-8/h2-3,6H,4,15H2,1H3,(H,16,18). The Morgan fingerprint density at radius 1 is 1.47 bits per heavy atom. The predicted molar refractivity (Wildman–Crippen MR) is 67.6 cm³/mol. The molecule has 0 radical (unpaired) electrons. The van der Waals surface area contributed by atoms with E-state index in [9.17, 15) is 9.59 Å². The van der Waals surface area contributed by atoms with Gasteiger partial charge in [-0.15, -0.1) is 0 Å². The summed E-state index contributed by atoms with van der Waals surface area (Å²) in [4.78, 5) is 25.7. The highest BCUT2D eigenvalue weighted by atomic mass is 16.5. The van der Waals surface area contributed by atoms with Gasteiger partial charge in [-0.1, -0.05) is 0 Å². The number of H-pyrrole nitrogens is 1. The SMILES string of the molecule is COC1=C(N)C=C(c2c[nH]c(=O)c(C#N)c2)C(=O)C1. The van der Waals surface area contributed by atoms with E-state index in [1.807, 2.05) is 0 Å². The number of rotatable bonds is 2. The van der Waals surface area contributed by atoms with Gasteiger partial charge in [0.2, 0.25) is 0 Å². The highest BCUT2D eigenvalue weighted by Gasteiger charge is 2.22. The Bertz CT molecular complexity index is 705. The number of nitriles is 1. The van der Waals surface area contributed by atoms with Crippen LogP contribution in [0.5, 0.6) is 0 Å². The lowest BCUT2D eigenvalue weighted by molar-refractivity contribution is -0.113. The van der Waals surface area contributed by atoms with Crippen molar-refractivity contribution in [1.82, 2.24) is 4.98 Å². The van der Waals surface area contributed by atoms with E-state index in [1.54, 1.807) is 6.07 Å². The maximum Gasteiger partial charge on any atom is 0.265 e. The molecule has 1 heterocycles. The zero-order valence-corrected chi connectivity index (χ0v) is 10.2. The molecule has 96 valence electrons. The number of methoxy groups -OCH3 is 1. The average molecular weight is 257 g/mol. The molecule has 0 saturated carbocycles. The lowest BCUT2D eigenvalue weighted by atomic mass is 9.94. The summed E-state index contributed by atoms with van der Waals surface area (Å²) in [6.07, 6.45) is 2.94. The van der Waals surface area contributed by atoms with Crippen LogP contribution < -0.4 is 11.3 Å². The molecule has 1 aliphatic rings. The minimum absolute atomic E-state index is 0.0497. The molecular formula is C13H11N3O3. The molecule has 0 aliphatic heterocycles. The van der Waals surface area contributed by atoms with Crippen molar-refractivity contribution in [3.05, 3.63) is 51.3 Å². The fraction of sp³-hybridized carbons (Fsp3) is 0.154. The molecule has 1 aromatic heterocycles. The second kappa shape index (κ2) is 4.82. The molecule has 19 heavy (non-hydrogen) atoms. The smallest absolute Gasteiger partial charge is 0.265 e. The molecule has 6 heteroatoms. The number of nitrogens with zero attached hydrogens (tertiary/aromatic N) is 1. The number of nitrogens with two attached hydrogens (primary N) is 1. The summed E-state index contributed by atoms with van der Waals surface area (Å²) in [5.74, 6) is 0.237. The first-order chi connectivity index (χ1) is 9.06. The van der Waals surface area contributed by atoms with Gasteiger partial charge in [0.05, 0.1) is 19.2 Å². The third-order valence-corrected chi connectivity index (χ3v) is 2.82. The van der Waals surface area contributed by atoms with Gasteiger partial charge in [-0.2, -0.15) is 5.26 Å². The largest absolute Gasteiger partial charge is 0.498 e. The third-order valence-electron chi connectivity index (χ3n) is 2.82. The summed E-state index contributed by atoms with van der Waals surface area (Å²) in [6, 6.07) is 3.14. The van der Waals surface area contributed by atoms with Crippen LogP contribution >= 0.6 is 0 Å². The van der Waals surface area contributed by atoms with E-state index in [4.69, 9.17) is 15.7 Å². The number of carbonyl (C=O) groups is 1. The van der Waals surface area contributed by atoms with Crippen molar-refractivity contribution in [3.63, 3.8) is 0 Å². The highest BCUT2D eigenvalue weighted by molar-refractivity contribution is 6.22. The van der Waals surface area contributed by atoms with E-state index < -0.39 is 5.56 Å². The van der Waals surface area contributed by atoms with Crippen LogP contribution in [0.3, 0.4) is 0 Å². The number of ketones is 1. The van der Waals surface area contributed by atoms with Crippen LogP contribution in [0.25, 0.3) is 5.57 Å². The maximum atomic E-state index is 12.0. The van der Waals surface area contributed by atoms with Gasteiger partial charge in [0.15, 0.2) is 5.78 Å². The van der Waals surface area contributed by atoms with Gasteiger partial charge in [-0.25, -0.2) is 0 Å². The Morgan fingerprint density at radius 3 is 2.84 bits per heavy atom. The van der Waals surface area contributed by atoms with Gasteiger partial charge >= 0.3 is 0 Å². The molecule has 0 amide bonds. The van der Waals surface area contributed by atoms with E-state index in [2.05, 4.69) is 4.98 Å². The van der Waals surface area contributed by atoms with E-state index in [0.717, 1.165) is 0 Å². The molecular weight excluding hydrogens is 246 g/mol. The summed E-state index contributed by atoms with van der Waals surface area (Å²) in [6.45, 7) is 0. The van der Waals surface area contributed by atoms with Gasteiger partial charge in [0, 0.05) is 17.3 Å². The molecule has 0 bridgehead atoms. The highest BCUT2D eigenvalue weighted by Crippen LogP contribution is 2.25. The molecule has 0 spiro atoms. The summed E-state index contributed by atoms with van der Waals surface area (Å²) in [5.41, 5.74) is 6.40. The van der Waals surface area contributed by atoms with Crippen molar-refractivity contribution in [2.75, 3.05) is 7.11 Å². The monoisotopic (exact) mass is 257 g/mol. The molecule has 0 saturated heterocycles. The maximum absolute atomic E-state index is 12.0. The minimum atomic E-state index is -0.490. The number of carbonyl (C=O) groups excluding carboxylic acids is 1. The van der Waals surface area contributed by atoms with Gasteiger partial charge in [-0.3, -0.25) is 9.59 Å². The second-order valence-electron chi connectivity index (χ2n) is 3.98. The summed E-state index contributed by atoms with van der Waals surface area (Å²) in [7, 11) is 1.45. The Kier molecular flexibility index (Phi) is 3.21. The van der Waals surface area contributed by atoms with Crippen molar-refractivity contribution in [2.24, 2.45) is 5.73 Å². The molecule has 0 unspecified atom stereocenters. The topological polar surface area (TPSA) is 109 Å². The lowest BCUT2D eigenvalue weighted by Gasteiger charge is -2.16. The number of allylic oxidation sites excluding steroid dienone is 3. The number of pyridine rings is 1. The van der Waals surface area contributed by atoms with Crippen LogP contribution in [-0.2, 0) is 9.53 Å². The van der Waals surface area contributed by atoms with Crippen LogP contribution in [0.4, 0.5) is 0 Å².